The van der Waals surface area contributed by atoms with E-state index in [-0.39, 0.29) is 5.92 Å². The molecule has 0 atom stereocenters. The molecule has 0 aliphatic carbocycles. The molecule has 0 saturated carbocycles. The molecule has 2 heterocycles. The minimum atomic E-state index is 0.280. The topological polar surface area (TPSA) is 63.6 Å². The summed E-state index contributed by atoms with van der Waals surface area (Å²) in [5.74, 6) is 1.90. The second-order valence-corrected chi connectivity index (χ2v) is 4.64. The van der Waals surface area contributed by atoms with Crippen molar-refractivity contribution in [3.63, 3.8) is 0 Å². The van der Waals surface area contributed by atoms with Gasteiger partial charge in [0.2, 0.25) is 0 Å². The van der Waals surface area contributed by atoms with Gasteiger partial charge in [0.25, 0.3) is 0 Å². The number of fused-ring (bicyclic) bond motifs is 1. The van der Waals surface area contributed by atoms with Gasteiger partial charge in [-0.2, -0.15) is 0 Å². The summed E-state index contributed by atoms with van der Waals surface area (Å²) >= 11 is 0. The zero-order valence-electron chi connectivity index (χ0n) is 10.6. The van der Waals surface area contributed by atoms with Crippen molar-refractivity contribution in [1.82, 2.24) is 19.9 Å². The van der Waals surface area contributed by atoms with Gasteiger partial charge in [0.15, 0.2) is 5.65 Å². The average Bonchev–Trinajstić information content (AvgIpc) is 2.28. The van der Waals surface area contributed by atoms with Gasteiger partial charge < -0.3 is 5.32 Å². The van der Waals surface area contributed by atoms with E-state index in [9.17, 15) is 0 Å². The van der Waals surface area contributed by atoms with Crippen LogP contribution in [0.2, 0.25) is 0 Å². The molecule has 90 valence electrons. The number of aromatic nitrogens is 4. The van der Waals surface area contributed by atoms with Gasteiger partial charge in [0.05, 0.1) is 5.39 Å². The summed E-state index contributed by atoms with van der Waals surface area (Å²) in [6.07, 6.45) is 3.26. The molecule has 0 unspecified atom stereocenters. The van der Waals surface area contributed by atoms with E-state index in [1.807, 2.05) is 0 Å². The third-order valence-corrected chi connectivity index (χ3v) is 2.33. The summed E-state index contributed by atoms with van der Waals surface area (Å²) in [6.45, 7) is 8.29. The fourth-order valence-corrected chi connectivity index (χ4v) is 1.53. The average molecular weight is 231 g/mol. The molecule has 0 saturated heterocycles. The summed E-state index contributed by atoms with van der Waals surface area (Å²) < 4.78 is 0. The summed E-state index contributed by atoms with van der Waals surface area (Å²) in [4.78, 5) is 17.2. The molecule has 0 spiro atoms. The van der Waals surface area contributed by atoms with Crippen LogP contribution in [0, 0.1) is 0 Å². The monoisotopic (exact) mass is 231 g/mol. The van der Waals surface area contributed by atoms with Gasteiger partial charge in [-0.3, -0.25) is 0 Å². The van der Waals surface area contributed by atoms with Crippen molar-refractivity contribution in [2.75, 3.05) is 5.32 Å². The summed E-state index contributed by atoms with van der Waals surface area (Å²) in [5.41, 5.74) is 0.696. The molecule has 2 aromatic heterocycles. The predicted molar refractivity (Wildman–Crippen MR) is 68.0 cm³/mol. The summed E-state index contributed by atoms with van der Waals surface area (Å²) in [5, 5.41) is 4.18. The van der Waals surface area contributed by atoms with E-state index in [1.165, 1.54) is 6.33 Å². The first kappa shape index (κ1) is 11.7. The Morgan fingerprint density at radius 1 is 1.12 bits per heavy atom. The lowest BCUT2D eigenvalue weighted by Gasteiger charge is -2.13. The highest BCUT2D eigenvalue weighted by Crippen LogP contribution is 2.21. The molecule has 0 bridgehead atoms. The normalized spacial score (nSPS) is 11.4. The van der Waals surface area contributed by atoms with E-state index in [0.29, 0.717) is 11.7 Å². The standard InChI is InChI=1S/C12H17N5/c1-7(2)10-16-11-9(5-13-6-14-11)12(17-10)15-8(3)4/h5-8H,1-4H3,(H,13,14,15,16,17). The van der Waals surface area contributed by atoms with Crippen LogP contribution >= 0.6 is 0 Å². The highest BCUT2D eigenvalue weighted by molar-refractivity contribution is 5.85. The number of rotatable bonds is 3. The van der Waals surface area contributed by atoms with Gasteiger partial charge in [0, 0.05) is 18.2 Å². The SMILES string of the molecule is CC(C)Nc1nc(C(C)C)nc2ncncc12. The predicted octanol–water partition coefficient (Wildman–Crippen LogP) is 2.36. The Bertz CT molecular complexity index is 521. The lowest BCUT2D eigenvalue weighted by atomic mass is 10.2. The number of hydrogen-bond donors (Lipinski definition) is 1. The highest BCUT2D eigenvalue weighted by Gasteiger charge is 2.11. The fraction of sp³-hybridized carbons (Fsp3) is 0.500. The maximum Gasteiger partial charge on any atom is 0.168 e. The molecule has 2 rings (SSSR count). The van der Waals surface area contributed by atoms with Gasteiger partial charge >= 0.3 is 0 Å². The molecule has 2 aromatic rings. The van der Waals surface area contributed by atoms with Crippen molar-refractivity contribution in [1.29, 1.82) is 0 Å². The molecule has 0 aliphatic rings. The molecule has 0 aliphatic heterocycles. The Hall–Kier alpha value is -1.78. The van der Waals surface area contributed by atoms with Crippen LogP contribution in [0.3, 0.4) is 0 Å². The largest absolute Gasteiger partial charge is 0.367 e. The zero-order chi connectivity index (χ0) is 12.4. The molecule has 17 heavy (non-hydrogen) atoms. The van der Waals surface area contributed by atoms with Crippen molar-refractivity contribution in [2.24, 2.45) is 0 Å². The van der Waals surface area contributed by atoms with Gasteiger partial charge in [0.1, 0.15) is 18.0 Å². The first-order chi connectivity index (χ1) is 8.08. The van der Waals surface area contributed by atoms with Crippen molar-refractivity contribution in [3.8, 4) is 0 Å². The van der Waals surface area contributed by atoms with Crippen LogP contribution in [0.4, 0.5) is 5.82 Å². The van der Waals surface area contributed by atoms with Crippen LogP contribution in [0.15, 0.2) is 12.5 Å². The Kier molecular flexibility index (Phi) is 3.17. The summed E-state index contributed by atoms with van der Waals surface area (Å²) in [6, 6.07) is 0.313. The third kappa shape index (κ3) is 2.49. The Labute approximate surface area is 101 Å². The van der Waals surface area contributed by atoms with Gasteiger partial charge in [-0.1, -0.05) is 13.8 Å². The maximum absolute atomic E-state index is 4.54. The molecule has 1 N–H and O–H groups in total. The molecular formula is C12H17N5. The van der Waals surface area contributed by atoms with E-state index >= 15 is 0 Å². The van der Waals surface area contributed by atoms with Crippen LogP contribution < -0.4 is 5.32 Å². The number of anilines is 1. The Morgan fingerprint density at radius 3 is 2.53 bits per heavy atom. The van der Waals surface area contributed by atoms with Crippen LogP contribution in [-0.2, 0) is 0 Å². The Balaban J connectivity index is 2.60. The van der Waals surface area contributed by atoms with Crippen LogP contribution in [0.5, 0.6) is 0 Å². The van der Waals surface area contributed by atoms with Gasteiger partial charge in [-0.15, -0.1) is 0 Å². The third-order valence-electron chi connectivity index (χ3n) is 2.33. The van der Waals surface area contributed by atoms with Crippen molar-refractivity contribution >= 4 is 16.9 Å². The second-order valence-electron chi connectivity index (χ2n) is 4.64. The van der Waals surface area contributed by atoms with E-state index in [1.54, 1.807) is 6.20 Å². The Morgan fingerprint density at radius 2 is 1.88 bits per heavy atom. The molecule has 5 nitrogen and oxygen atoms in total. The van der Waals surface area contributed by atoms with E-state index < -0.39 is 0 Å². The molecule has 0 amide bonds. The van der Waals surface area contributed by atoms with Gasteiger partial charge in [-0.05, 0) is 13.8 Å². The summed E-state index contributed by atoms with van der Waals surface area (Å²) in [7, 11) is 0. The molecule has 0 aromatic carbocycles. The van der Waals surface area contributed by atoms with E-state index in [0.717, 1.165) is 17.0 Å². The molecule has 0 fully saturated rings. The lowest BCUT2D eigenvalue weighted by molar-refractivity contribution is 0.775. The van der Waals surface area contributed by atoms with Crippen LogP contribution in [0.25, 0.3) is 11.0 Å². The minimum absolute atomic E-state index is 0.280. The number of nitrogens with zero attached hydrogens (tertiary/aromatic N) is 4. The van der Waals surface area contributed by atoms with E-state index in [2.05, 4.69) is 52.9 Å². The van der Waals surface area contributed by atoms with E-state index in [4.69, 9.17) is 0 Å². The first-order valence-electron chi connectivity index (χ1n) is 5.82. The highest BCUT2D eigenvalue weighted by atomic mass is 15.1. The van der Waals surface area contributed by atoms with Crippen LogP contribution in [-0.4, -0.2) is 26.0 Å². The molecular weight excluding hydrogens is 214 g/mol. The van der Waals surface area contributed by atoms with Crippen molar-refractivity contribution < 1.29 is 0 Å². The zero-order valence-corrected chi connectivity index (χ0v) is 10.6. The maximum atomic E-state index is 4.54. The smallest absolute Gasteiger partial charge is 0.168 e. The van der Waals surface area contributed by atoms with Crippen molar-refractivity contribution in [2.45, 2.75) is 39.7 Å². The number of hydrogen-bond acceptors (Lipinski definition) is 5. The lowest BCUT2D eigenvalue weighted by Crippen LogP contribution is -2.13. The molecule has 0 radical (unpaired) electrons. The van der Waals surface area contributed by atoms with Gasteiger partial charge in [-0.25, -0.2) is 19.9 Å². The minimum Gasteiger partial charge on any atom is -0.367 e. The second kappa shape index (κ2) is 4.61. The quantitative estimate of drug-likeness (QED) is 0.878. The first-order valence-corrected chi connectivity index (χ1v) is 5.82. The van der Waals surface area contributed by atoms with Crippen LogP contribution in [0.1, 0.15) is 39.4 Å². The van der Waals surface area contributed by atoms with Crippen molar-refractivity contribution in [3.05, 3.63) is 18.3 Å². The molecule has 5 heteroatoms. The number of nitrogens with one attached hydrogen (secondary N) is 1. The fourth-order valence-electron chi connectivity index (χ4n) is 1.53.